The van der Waals surface area contributed by atoms with Gasteiger partial charge < -0.3 is 5.11 Å². The molecule has 5 heteroatoms. The number of hydrogen-bond acceptors (Lipinski definition) is 3. The molecule has 0 aliphatic heterocycles. The molecular formula is C6H11NO4. The Balaban J connectivity index is 3.03. The summed E-state index contributed by atoms with van der Waals surface area (Å²) in [6, 6.07) is 0. The van der Waals surface area contributed by atoms with E-state index in [1.165, 1.54) is 0 Å². The van der Waals surface area contributed by atoms with Gasteiger partial charge in [0.1, 0.15) is 0 Å². The van der Waals surface area contributed by atoms with Crippen LogP contribution in [0.5, 0.6) is 0 Å². The van der Waals surface area contributed by atoms with Gasteiger partial charge in [-0.1, -0.05) is 0 Å². The first kappa shape index (κ1) is 9.87. The molecule has 0 fully saturated rings. The van der Waals surface area contributed by atoms with Crippen LogP contribution in [0.15, 0.2) is 0 Å². The molecule has 0 spiro atoms. The quantitative estimate of drug-likeness (QED) is 0.356. The summed E-state index contributed by atoms with van der Waals surface area (Å²) in [6.45, 7) is -0.0559. The average molecular weight is 161 g/mol. The van der Waals surface area contributed by atoms with Crippen molar-refractivity contribution in [3.63, 3.8) is 0 Å². The number of unbranched alkanes of at least 4 members (excludes halogenated alkanes) is 2. The van der Waals surface area contributed by atoms with Crippen molar-refractivity contribution in [2.45, 2.75) is 25.7 Å². The maximum Gasteiger partial charge on any atom is 0.303 e. The van der Waals surface area contributed by atoms with Gasteiger partial charge in [0.15, 0.2) is 0 Å². The van der Waals surface area contributed by atoms with Crippen LogP contribution < -0.4 is 0 Å². The van der Waals surface area contributed by atoms with E-state index in [1.807, 2.05) is 0 Å². The van der Waals surface area contributed by atoms with Crippen molar-refractivity contribution in [3.05, 3.63) is 10.1 Å². The Morgan fingerprint density at radius 1 is 1.36 bits per heavy atom. The topological polar surface area (TPSA) is 80.4 Å². The Bertz CT molecular complexity index is 130. The van der Waals surface area contributed by atoms with Crippen LogP contribution in [0.2, 0.25) is 0 Å². The molecule has 0 aromatic heterocycles. The molecule has 5 nitrogen and oxygen atoms in total. The highest BCUT2D eigenvalue weighted by atomic mass is 16.6. The van der Waals surface area contributed by atoms with Crippen molar-refractivity contribution >= 4 is 5.97 Å². The molecular weight excluding hydrogens is 150 g/mol. The largest absolute Gasteiger partial charge is 0.481 e. The van der Waals surface area contributed by atoms with Gasteiger partial charge >= 0.3 is 5.97 Å². The monoisotopic (exact) mass is 161 g/mol. The first-order valence-electron chi connectivity index (χ1n) is 3.46. The minimum atomic E-state index is -0.842. The lowest BCUT2D eigenvalue weighted by Gasteiger charge is -1.93. The number of hydrogen-bond donors (Lipinski definition) is 1. The van der Waals surface area contributed by atoms with Crippen LogP contribution >= 0.6 is 0 Å². The molecule has 0 bridgehead atoms. The van der Waals surface area contributed by atoms with Gasteiger partial charge in [0.25, 0.3) is 0 Å². The van der Waals surface area contributed by atoms with E-state index < -0.39 is 5.97 Å². The minimum absolute atomic E-state index is 0.0559. The third-order valence-corrected chi connectivity index (χ3v) is 1.23. The molecule has 0 heterocycles. The molecule has 0 aliphatic rings. The van der Waals surface area contributed by atoms with Crippen LogP contribution in [0.1, 0.15) is 25.7 Å². The fraction of sp³-hybridized carbons (Fsp3) is 0.833. The second-order valence-corrected chi connectivity index (χ2v) is 2.26. The second-order valence-electron chi connectivity index (χ2n) is 2.26. The molecule has 0 unspecified atom stereocenters. The van der Waals surface area contributed by atoms with Gasteiger partial charge in [-0.05, 0) is 12.8 Å². The zero-order chi connectivity index (χ0) is 8.69. The van der Waals surface area contributed by atoms with E-state index in [0.29, 0.717) is 19.3 Å². The third-order valence-electron chi connectivity index (χ3n) is 1.23. The van der Waals surface area contributed by atoms with E-state index in [9.17, 15) is 14.9 Å². The highest BCUT2D eigenvalue weighted by Gasteiger charge is 1.99. The third kappa shape index (κ3) is 8.87. The van der Waals surface area contributed by atoms with E-state index in [2.05, 4.69) is 0 Å². The fourth-order valence-electron chi connectivity index (χ4n) is 0.694. The number of aliphatic carboxylic acids is 1. The molecule has 0 saturated carbocycles. The molecule has 1 N–H and O–H groups in total. The van der Waals surface area contributed by atoms with E-state index in [1.54, 1.807) is 0 Å². The summed E-state index contributed by atoms with van der Waals surface area (Å²) >= 11 is 0. The van der Waals surface area contributed by atoms with Crippen molar-refractivity contribution in [1.29, 1.82) is 0 Å². The fourth-order valence-corrected chi connectivity index (χ4v) is 0.694. The summed E-state index contributed by atoms with van der Waals surface area (Å²) in [5.74, 6) is -0.842. The number of rotatable bonds is 6. The Hall–Kier alpha value is -1.13. The van der Waals surface area contributed by atoms with E-state index in [0.717, 1.165) is 0 Å². The Labute approximate surface area is 64.2 Å². The predicted molar refractivity (Wildman–Crippen MR) is 38.0 cm³/mol. The highest BCUT2D eigenvalue weighted by Crippen LogP contribution is 1.99. The maximum absolute atomic E-state index is 9.96. The number of nitro groups is 1. The number of carboxylic acid groups (broad SMARTS) is 1. The SMILES string of the molecule is O=C(O)CCCCC[N+](=O)[O-]. The predicted octanol–water partition coefficient (Wildman–Crippen LogP) is 0.908. The van der Waals surface area contributed by atoms with Gasteiger partial charge in [0.05, 0.1) is 0 Å². The van der Waals surface area contributed by atoms with Crippen LogP contribution in [-0.4, -0.2) is 22.5 Å². The van der Waals surface area contributed by atoms with Gasteiger partial charge in [-0.2, -0.15) is 0 Å². The van der Waals surface area contributed by atoms with Crippen LogP contribution in [0, 0.1) is 10.1 Å². The Morgan fingerprint density at radius 2 is 2.00 bits per heavy atom. The first-order valence-corrected chi connectivity index (χ1v) is 3.46. The molecule has 11 heavy (non-hydrogen) atoms. The van der Waals surface area contributed by atoms with Crippen molar-refractivity contribution in [2.24, 2.45) is 0 Å². The average Bonchev–Trinajstić information content (AvgIpc) is 1.85. The van der Waals surface area contributed by atoms with Gasteiger partial charge in [-0.3, -0.25) is 14.9 Å². The molecule has 0 atom stereocenters. The summed E-state index contributed by atoms with van der Waals surface area (Å²) < 4.78 is 0. The van der Waals surface area contributed by atoms with E-state index >= 15 is 0 Å². The summed E-state index contributed by atoms with van der Waals surface area (Å²) in [7, 11) is 0. The number of nitrogens with zero attached hydrogens (tertiary/aromatic N) is 1. The van der Waals surface area contributed by atoms with Gasteiger partial charge in [-0.15, -0.1) is 0 Å². The number of carboxylic acids is 1. The molecule has 0 aromatic rings. The maximum atomic E-state index is 9.96. The lowest BCUT2D eigenvalue weighted by Crippen LogP contribution is -2.00. The molecule has 0 rings (SSSR count). The minimum Gasteiger partial charge on any atom is -0.481 e. The van der Waals surface area contributed by atoms with Gasteiger partial charge in [0, 0.05) is 17.8 Å². The molecule has 64 valence electrons. The molecule has 0 aliphatic carbocycles. The lowest BCUT2D eigenvalue weighted by atomic mass is 10.2. The normalized spacial score (nSPS) is 9.45. The summed E-state index contributed by atoms with van der Waals surface area (Å²) in [6.07, 6.45) is 1.73. The van der Waals surface area contributed by atoms with Crippen molar-refractivity contribution in [2.75, 3.05) is 6.54 Å². The standard InChI is InChI=1S/C6H11NO4/c8-6(9)4-2-1-3-5-7(10)11/h1-5H2,(H,8,9). The Kier molecular flexibility index (Phi) is 5.06. The lowest BCUT2D eigenvalue weighted by molar-refractivity contribution is -0.480. The second kappa shape index (κ2) is 5.64. The molecule has 0 aromatic carbocycles. The van der Waals surface area contributed by atoms with E-state index in [-0.39, 0.29) is 17.9 Å². The van der Waals surface area contributed by atoms with Crippen molar-refractivity contribution in [3.8, 4) is 0 Å². The molecule has 0 radical (unpaired) electrons. The first-order chi connectivity index (χ1) is 5.13. The van der Waals surface area contributed by atoms with Crippen molar-refractivity contribution in [1.82, 2.24) is 0 Å². The van der Waals surface area contributed by atoms with Gasteiger partial charge in [-0.25, -0.2) is 0 Å². The number of carbonyl (C=O) groups is 1. The van der Waals surface area contributed by atoms with Crippen LogP contribution in [0.25, 0.3) is 0 Å². The summed E-state index contributed by atoms with van der Waals surface area (Å²) in [4.78, 5) is 19.4. The summed E-state index contributed by atoms with van der Waals surface area (Å²) in [5.41, 5.74) is 0. The van der Waals surface area contributed by atoms with Crippen LogP contribution in [0.4, 0.5) is 0 Å². The Morgan fingerprint density at radius 3 is 2.45 bits per heavy atom. The van der Waals surface area contributed by atoms with E-state index in [4.69, 9.17) is 5.11 Å². The molecule has 0 saturated heterocycles. The van der Waals surface area contributed by atoms with Crippen LogP contribution in [-0.2, 0) is 4.79 Å². The zero-order valence-corrected chi connectivity index (χ0v) is 6.15. The summed E-state index contributed by atoms with van der Waals surface area (Å²) in [5, 5.41) is 18.0. The smallest absolute Gasteiger partial charge is 0.303 e. The zero-order valence-electron chi connectivity index (χ0n) is 6.15. The van der Waals surface area contributed by atoms with Crippen LogP contribution in [0.3, 0.4) is 0 Å². The van der Waals surface area contributed by atoms with Crippen molar-refractivity contribution < 1.29 is 14.8 Å². The highest BCUT2D eigenvalue weighted by molar-refractivity contribution is 5.66. The van der Waals surface area contributed by atoms with Gasteiger partial charge in [0.2, 0.25) is 6.54 Å². The molecule has 0 amide bonds.